The molecule has 2 aromatic heterocycles. The van der Waals surface area contributed by atoms with Crippen molar-refractivity contribution >= 4 is 33.1 Å². The number of pyridine rings is 1. The predicted octanol–water partition coefficient (Wildman–Crippen LogP) is 5.12. The van der Waals surface area contributed by atoms with Crippen LogP contribution in [0.25, 0.3) is 21.3 Å². The number of nitrogens with zero attached hydrogens (tertiary/aromatic N) is 3. The Balaban J connectivity index is 1.46. The molecule has 0 spiro atoms. The van der Waals surface area contributed by atoms with E-state index in [4.69, 9.17) is 0 Å². The fourth-order valence-electron chi connectivity index (χ4n) is 3.75. The Bertz CT molecular complexity index is 1180. The molecule has 0 saturated heterocycles. The lowest BCUT2D eigenvalue weighted by Gasteiger charge is -2.18. The second kappa shape index (κ2) is 6.84. The number of carbonyl (C=O) groups is 1. The van der Waals surface area contributed by atoms with Crippen molar-refractivity contribution in [1.82, 2.24) is 9.97 Å². The van der Waals surface area contributed by atoms with Crippen molar-refractivity contribution < 1.29 is 4.79 Å². The van der Waals surface area contributed by atoms with E-state index in [2.05, 4.69) is 35.1 Å². The molecule has 3 heterocycles. The number of amides is 1. The maximum Gasteiger partial charge on any atom is 0.258 e. The van der Waals surface area contributed by atoms with Gasteiger partial charge in [-0.15, -0.1) is 11.3 Å². The Morgan fingerprint density at radius 1 is 1.07 bits per heavy atom. The third-order valence-corrected chi connectivity index (χ3v) is 6.38. The van der Waals surface area contributed by atoms with Gasteiger partial charge in [0.15, 0.2) is 0 Å². The molecule has 138 valence electrons. The fourth-order valence-corrected chi connectivity index (χ4v) is 4.70. The molecule has 0 saturated carbocycles. The molecule has 4 aromatic rings. The van der Waals surface area contributed by atoms with Gasteiger partial charge in [0.05, 0.1) is 15.2 Å². The highest BCUT2D eigenvalue weighted by Crippen LogP contribution is 2.34. The minimum absolute atomic E-state index is 0.0590. The molecule has 0 radical (unpaired) electrons. The lowest BCUT2D eigenvalue weighted by atomic mass is 10.0. The highest BCUT2D eigenvalue weighted by molar-refractivity contribution is 7.18. The molecular weight excluding hydrogens is 366 g/mol. The highest BCUT2D eigenvalue weighted by atomic mass is 32.1. The van der Waals surface area contributed by atoms with Crippen LogP contribution in [0.5, 0.6) is 0 Å². The molecule has 2 aromatic carbocycles. The van der Waals surface area contributed by atoms with Crippen LogP contribution in [0.1, 0.15) is 27.9 Å². The summed E-state index contributed by atoms with van der Waals surface area (Å²) < 4.78 is 1.08. The van der Waals surface area contributed by atoms with Crippen LogP contribution in [0.15, 0.2) is 60.9 Å². The number of aromatic nitrogens is 2. The quantitative estimate of drug-likeness (QED) is 0.491. The molecule has 0 fully saturated rings. The second-order valence-electron chi connectivity index (χ2n) is 6.93. The summed E-state index contributed by atoms with van der Waals surface area (Å²) in [6.45, 7) is 2.82. The Hall–Kier alpha value is -3.05. The van der Waals surface area contributed by atoms with Gasteiger partial charge in [-0.2, -0.15) is 0 Å². The zero-order valence-electron chi connectivity index (χ0n) is 15.6. The zero-order valence-corrected chi connectivity index (χ0v) is 16.4. The highest BCUT2D eigenvalue weighted by Gasteiger charge is 2.26. The van der Waals surface area contributed by atoms with E-state index < -0.39 is 0 Å². The number of aryl methyl sites for hydroxylation is 1. The number of thiazole rings is 1. The van der Waals surface area contributed by atoms with Crippen molar-refractivity contribution in [3.8, 4) is 11.1 Å². The first-order valence-electron chi connectivity index (χ1n) is 9.47. The van der Waals surface area contributed by atoms with Gasteiger partial charge in [0.1, 0.15) is 0 Å². The summed E-state index contributed by atoms with van der Waals surface area (Å²) in [6.07, 6.45) is 5.40. The molecule has 4 nitrogen and oxygen atoms in total. The van der Waals surface area contributed by atoms with Crippen molar-refractivity contribution in [3.63, 3.8) is 0 Å². The first kappa shape index (κ1) is 17.1. The fraction of sp³-hybridized carbons (Fsp3) is 0.174. The summed E-state index contributed by atoms with van der Waals surface area (Å²) >= 11 is 1.67. The van der Waals surface area contributed by atoms with E-state index >= 15 is 0 Å². The van der Waals surface area contributed by atoms with Crippen LogP contribution in [-0.2, 0) is 12.8 Å². The third kappa shape index (κ3) is 2.88. The Morgan fingerprint density at radius 2 is 1.93 bits per heavy atom. The van der Waals surface area contributed by atoms with Gasteiger partial charge in [-0.05, 0) is 72.0 Å². The number of rotatable bonds is 3. The minimum Gasteiger partial charge on any atom is -0.308 e. The monoisotopic (exact) mass is 385 g/mol. The van der Waals surface area contributed by atoms with Crippen molar-refractivity contribution in [2.45, 2.75) is 19.8 Å². The molecule has 28 heavy (non-hydrogen) atoms. The van der Waals surface area contributed by atoms with Crippen molar-refractivity contribution in [3.05, 3.63) is 77.1 Å². The SMILES string of the molecule is CCc1nc2ccc(C(=O)N3CCc4cc(-c5ccncc5)ccc43)cc2s1. The average Bonchev–Trinajstić information content (AvgIpc) is 3.36. The minimum atomic E-state index is 0.0590. The van der Waals surface area contributed by atoms with Crippen LogP contribution in [0.2, 0.25) is 0 Å². The predicted molar refractivity (Wildman–Crippen MR) is 114 cm³/mol. The van der Waals surface area contributed by atoms with E-state index in [1.54, 1.807) is 23.7 Å². The molecule has 0 atom stereocenters. The second-order valence-corrected chi connectivity index (χ2v) is 8.05. The topological polar surface area (TPSA) is 46.1 Å². The smallest absolute Gasteiger partial charge is 0.258 e. The van der Waals surface area contributed by atoms with Gasteiger partial charge < -0.3 is 4.90 Å². The lowest BCUT2D eigenvalue weighted by Crippen LogP contribution is -2.28. The number of benzene rings is 2. The number of hydrogen-bond donors (Lipinski definition) is 0. The average molecular weight is 385 g/mol. The van der Waals surface area contributed by atoms with Crippen LogP contribution < -0.4 is 4.90 Å². The maximum atomic E-state index is 13.2. The van der Waals surface area contributed by atoms with E-state index in [-0.39, 0.29) is 5.91 Å². The van der Waals surface area contributed by atoms with Crippen molar-refractivity contribution in [2.24, 2.45) is 0 Å². The molecule has 1 amide bonds. The van der Waals surface area contributed by atoms with Crippen LogP contribution in [0, 0.1) is 0 Å². The Kier molecular flexibility index (Phi) is 4.17. The number of fused-ring (bicyclic) bond motifs is 2. The number of carbonyl (C=O) groups excluding carboxylic acids is 1. The molecule has 0 unspecified atom stereocenters. The third-order valence-electron chi connectivity index (χ3n) is 5.22. The summed E-state index contributed by atoms with van der Waals surface area (Å²) in [5.74, 6) is 0.0590. The number of hydrogen-bond acceptors (Lipinski definition) is 4. The van der Waals surface area contributed by atoms with Gasteiger partial charge in [0.25, 0.3) is 5.91 Å². The van der Waals surface area contributed by atoms with E-state index in [1.807, 2.05) is 35.2 Å². The van der Waals surface area contributed by atoms with Crippen LogP contribution in [0.3, 0.4) is 0 Å². The van der Waals surface area contributed by atoms with Gasteiger partial charge in [-0.3, -0.25) is 9.78 Å². The van der Waals surface area contributed by atoms with Gasteiger partial charge >= 0.3 is 0 Å². The summed E-state index contributed by atoms with van der Waals surface area (Å²) in [4.78, 5) is 23.8. The van der Waals surface area contributed by atoms with Gasteiger partial charge in [0, 0.05) is 30.2 Å². The van der Waals surface area contributed by atoms with Gasteiger partial charge in [-0.1, -0.05) is 13.0 Å². The molecular formula is C23H19N3OS. The Morgan fingerprint density at radius 3 is 2.75 bits per heavy atom. The van der Waals surface area contributed by atoms with E-state index in [1.165, 1.54) is 5.56 Å². The molecule has 5 rings (SSSR count). The zero-order chi connectivity index (χ0) is 19.1. The van der Waals surface area contributed by atoms with E-state index in [0.29, 0.717) is 0 Å². The summed E-state index contributed by atoms with van der Waals surface area (Å²) in [5.41, 5.74) is 6.24. The van der Waals surface area contributed by atoms with E-state index in [9.17, 15) is 4.79 Å². The van der Waals surface area contributed by atoms with Gasteiger partial charge in [-0.25, -0.2) is 4.98 Å². The van der Waals surface area contributed by atoms with Crippen LogP contribution in [-0.4, -0.2) is 22.4 Å². The van der Waals surface area contributed by atoms with Crippen molar-refractivity contribution in [1.29, 1.82) is 0 Å². The molecule has 5 heteroatoms. The Labute approximate surface area is 167 Å². The van der Waals surface area contributed by atoms with Gasteiger partial charge in [0.2, 0.25) is 0 Å². The first-order valence-corrected chi connectivity index (χ1v) is 10.3. The standard InChI is InChI=1S/C23H19N3OS/c1-2-22-25-19-5-3-18(14-21(19)28-22)23(27)26-12-9-17-13-16(4-6-20(17)26)15-7-10-24-11-8-15/h3-8,10-11,13-14H,2,9,12H2,1H3. The van der Waals surface area contributed by atoms with Crippen LogP contribution in [0.4, 0.5) is 5.69 Å². The summed E-state index contributed by atoms with van der Waals surface area (Å²) in [7, 11) is 0. The first-order chi connectivity index (χ1) is 13.7. The lowest BCUT2D eigenvalue weighted by molar-refractivity contribution is 0.0989. The van der Waals surface area contributed by atoms with E-state index in [0.717, 1.165) is 57.0 Å². The molecule has 1 aliphatic rings. The maximum absolute atomic E-state index is 13.2. The number of anilines is 1. The largest absolute Gasteiger partial charge is 0.308 e. The van der Waals surface area contributed by atoms with Crippen molar-refractivity contribution in [2.75, 3.05) is 11.4 Å². The molecule has 1 aliphatic heterocycles. The van der Waals surface area contributed by atoms with Crippen LogP contribution >= 0.6 is 11.3 Å². The summed E-state index contributed by atoms with van der Waals surface area (Å²) in [5, 5.41) is 1.11. The molecule has 0 aliphatic carbocycles. The normalized spacial score (nSPS) is 13.1. The summed E-state index contributed by atoms with van der Waals surface area (Å²) in [6, 6.07) is 16.2. The molecule has 0 N–H and O–H groups in total. The molecule has 0 bridgehead atoms.